The second-order valence-electron chi connectivity index (χ2n) is 5.23. The van der Waals surface area contributed by atoms with E-state index in [1.54, 1.807) is 6.07 Å². The lowest BCUT2D eigenvalue weighted by Crippen LogP contribution is -2.13. The number of hydrogen-bond donors (Lipinski definition) is 1. The molecule has 0 saturated carbocycles. The summed E-state index contributed by atoms with van der Waals surface area (Å²) in [6.07, 6.45) is 0. The van der Waals surface area contributed by atoms with Crippen molar-refractivity contribution >= 4 is 15.9 Å². The zero-order valence-electron chi connectivity index (χ0n) is 11.0. The molecule has 0 amide bonds. The minimum absolute atomic E-state index is 0.0543. The number of para-hydroxylation sites is 1. The van der Waals surface area contributed by atoms with E-state index in [1.807, 2.05) is 18.2 Å². The molecule has 0 bridgehead atoms. The van der Waals surface area contributed by atoms with Gasteiger partial charge in [-0.05, 0) is 27.4 Å². The SMILES string of the molecule is CC(C)(C)c1cccc(Br)c1Oc1ccc(=O)[nH]n1. The van der Waals surface area contributed by atoms with Crippen LogP contribution in [0.15, 0.2) is 39.6 Å². The van der Waals surface area contributed by atoms with Crippen LogP contribution >= 0.6 is 15.9 Å². The van der Waals surface area contributed by atoms with Crippen LogP contribution in [-0.2, 0) is 5.41 Å². The summed E-state index contributed by atoms with van der Waals surface area (Å²) in [6.45, 7) is 6.34. The number of halogens is 1. The van der Waals surface area contributed by atoms with Crippen LogP contribution in [0.25, 0.3) is 0 Å². The van der Waals surface area contributed by atoms with Crippen molar-refractivity contribution in [2.75, 3.05) is 0 Å². The number of nitrogens with one attached hydrogen (secondary N) is 1. The molecule has 1 aromatic heterocycles. The largest absolute Gasteiger partial charge is 0.436 e. The van der Waals surface area contributed by atoms with Crippen molar-refractivity contribution in [1.82, 2.24) is 10.2 Å². The van der Waals surface area contributed by atoms with Gasteiger partial charge in [-0.15, -0.1) is 5.10 Å². The molecule has 1 heterocycles. The molecule has 2 aromatic rings. The third-order valence-electron chi connectivity index (χ3n) is 2.64. The van der Waals surface area contributed by atoms with Crippen molar-refractivity contribution in [3.8, 4) is 11.6 Å². The van der Waals surface area contributed by atoms with Gasteiger partial charge in [0.15, 0.2) is 0 Å². The van der Waals surface area contributed by atoms with Gasteiger partial charge in [0.1, 0.15) is 5.75 Å². The summed E-state index contributed by atoms with van der Waals surface area (Å²) >= 11 is 3.49. The number of aromatic amines is 1. The smallest absolute Gasteiger partial charge is 0.264 e. The van der Waals surface area contributed by atoms with Crippen LogP contribution in [0.3, 0.4) is 0 Å². The van der Waals surface area contributed by atoms with Crippen LogP contribution in [-0.4, -0.2) is 10.2 Å². The minimum atomic E-state index is -0.254. The molecule has 0 radical (unpaired) electrons. The first-order chi connectivity index (χ1) is 8.88. The summed E-state index contributed by atoms with van der Waals surface area (Å²) in [5.41, 5.74) is 0.756. The molecule has 1 N–H and O–H groups in total. The van der Waals surface area contributed by atoms with Gasteiger partial charge in [0.05, 0.1) is 4.47 Å². The van der Waals surface area contributed by atoms with Gasteiger partial charge in [0.25, 0.3) is 5.56 Å². The number of benzene rings is 1. The fraction of sp³-hybridized carbons (Fsp3) is 0.286. The first kappa shape index (κ1) is 13.8. The van der Waals surface area contributed by atoms with Gasteiger partial charge in [0.2, 0.25) is 5.88 Å². The lowest BCUT2D eigenvalue weighted by Gasteiger charge is -2.23. The number of nitrogens with zero attached hydrogens (tertiary/aromatic N) is 1. The molecule has 19 heavy (non-hydrogen) atoms. The van der Waals surface area contributed by atoms with Gasteiger partial charge in [-0.2, -0.15) is 0 Å². The standard InChI is InChI=1S/C14H15BrN2O2/c1-14(2,3)9-5-4-6-10(15)13(9)19-12-8-7-11(18)16-17-12/h4-8H,1-3H3,(H,16,18). The first-order valence-electron chi connectivity index (χ1n) is 5.90. The fourth-order valence-corrected chi connectivity index (χ4v) is 2.14. The van der Waals surface area contributed by atoms with Crippen molar-refractivity contribution in [1.29, 1.82) is 0 Å². The minimum Gasteiger partial charge on any atom is -0.436 e. The molecule has 0 fully saturated rings. The number of ether oxygens (including phenoxy) is 1. The Hall–Kier alpha value is -1.62. The van der Waals surface area contributed by atoms with Crippen LogP contribution in [0.5, 0.6) is 11.6 Å². The van der Waals surface area contributed by atoms with Crippen LogP contribution in [0.4, 0.5) is 0 Å². The molecular weight excluding hydrogens is 308 g/mol. The maximum atomic E-state index is 11.0. The van der Waals surface area contributed by atoms with E-state index in [0.29, 0.717) is 5.88 Å². The summed E-state index contributed by atoms with van der Waals surface area (Å²) in [7, 11) is 0. The highest BCUT2D eigenvalue weighted by Gasteiger charge is 2.21. The van der Waals surface area contributed by atoms with E-state index >= 15 is 0 Å². The normalized spacial score (nSPS) is 11.4. The molecule has 2 rings (SSSR count). The summed E-state index contributed by atoms with van der Waals surface area (Å²) in [5, 5.41) is 6.21. The molecule has 0 unspecified atom stereocenters. The molecule has 100 valence electrons. The van der Waals surface area contributed by atoms with E-state index in [-0.39, 0.29) is 11.0 Å². The maximum Gasteiger partial charge on any atom is 0.264 e. The van der Waals surface area contributed by atoms with Crippen molar-refractivity contribution in [2.45, 2.75) is 26.2 Å². The summed E-state index contributed by atoms with van der Waals surface area (Å²) in [5.74, 6) is 1.08. The van der Waals surface area contributed by atoms with Crippen molar-refractivity contribution in [3.05, 3.63) is 50.7 Å². The highest BCUT2D eigenvalue weighted by atomic mass is 79.9. The maximum absolute atomic E-state index is 11.0. The van der Waals surface area contributed by atoms with E-state index in [2.05, 4.69) is 46.9 Å². The molecular formula is C14H15BrN2O2. The van der Waals surface area contributed by atoms with E-state index in [0.717, 1.165) is 15.8 Å². The summed E-state index contributed by atoms with van der Waals surface area (Å²) in [4.78, 5) is 11.0. The Morgan fingerprint density at radius 3 is 2.53 bits per heavy atom. The van der Waals surface area contributed by atoms with Crippen LogP contribution in [0.2, 0.25) is 0 Å². The predicted molar refractivity (Wildman–Crippen MR) is 77.8 cm³/mol. The van der Waals surface area contributed by atoms with Gasteiger partial charge in [-0.25, -0.2) is 5.10 Å². The number of hydrogen-bond acceptors (Lipinski definition) is 3. The van der Waals surface area contributed by atoms with E-state index < -0.39 is 0 Å². The molecule has 4 nitrogen and oxygen atoms in total. The van der Waals surface area contributed by atoms with Gasteiger partial charge in [0, 0.05) is 17.7 Å². The Morgan fingerprint density at radius 2 is 1.95 bits per heavy atom. The monoisotopic (exact) mass is 322 g/mol. The number of H-pyrrole nitrogens is 1. The van der Waals surface area contributed by atoms with Gasteiger partial charge in [-0.3, -0.25) is 4.79 Å². The Labute approximate surface area is 119 Å². The molecule has 0 aliphatic rings. The second kappa shape index (κ2) is 5.17. The molecule has 1 aromatic carbocycles. The van der Waals surface area contributed by atoms with E-state index in [1.165, 1.54) is 6.07 Å². The van der Waals surface area contributed by atoms with Crippen molar-refractivity contribution in [2.24, 2.45) is 0 Å². The number of rotatable bonds is 2. The van der Waals surface area contributed by atoms with Gasteiger partial charge < -0.3 is 4.74 Å². The van der Waals surface area contributed by atoms with Gasteiger partial charge >= 0.3 is 0 Å². The molecule has 0 spiro atoms. The van der Waals surface area contributed by atoms with Crippen LogP contribution < -0.4 is 10.3 Å². The highest BCUT2D eigenvalue weighted by Crippen LogP contribution is 2.38. The Balaban J connectivity index is 2.44. The quantitative estimate of drug-likeness (QED) is 0.918. The highest BCUT2D eigenvalue weighted by molar-refractivity contribution is 9.10. The molecule has 0 atom stereocenters. The Kier molecular flexibility index (Phi) is 3.75. The fourth-order valence-electron chi connectivity index (χ4n) is 1.70. The molecule has 0 aliphatic carbocycles. The van der Waals surface area contributed by atoms with Crippen LogP contribution in [0.1, 0.15) is 26.3 Å². The molecule has 5 heteroatoms. The topological polar surface area (TPSA) is 55.0 Å². The lowest BCUT2D eigenvalue weighted by atomic mass is 9.86. The summed E-state index contributed by atoms with van der Waals surface area (Å²) < 4.78 is 6.65. The predicted octanol–water partition coefficient (Wildman–Crippen LogP) is 3.62. The number of aromatic nitrogens is 2. The molecule has 0 aliphatic heterocycles. The van der Waals surface area contributed by atoms with E-state index in [4.69, 9.17) is 4.74 Å². The van der Waals surface area contributed by atoms with Gasteiger partial charge in [-0.1, -0.05) is 32.9 Å². The zero-order valence-corrected chi connectivity index (χ0v) is 12.6. The third kappa shape index (κ3) is 3.23. The first-order valence-corrected chi connectivity index (χ1v) is 6.70. The third-order valence-corrected chi connectivity index (χ3v) is 3.26. The average molecular weight is 323 g/mol. The summed E-state index contributed by atoms with van der Waals surface area (Å²) in [6, 6.07) is 8.83. The zero-order chi connectivity index (χ0) is 14.0. The Bertz CT molecular complexity index is 624. The second-order valence-corrected chi connectivity index (χ2v) is 6.08. The van der Waals surface area contributed by atoms with E-state index in [9.17, 15) is 4.79 Å². The average Bonchev–Trinajstić information content (AvgIpc) is 2.33. The lowest BCUT2D eigenvalue weighted by molar-refractivity contribution is 0.430. The van der Waals surface area contributed by atoms with Crippen LogP contribution in [0, 0.1) is 0 Å². The van der Waals surface area contributed by atoms with Crippen molar-refractivity contribution in [3.63, 3.8) is 0 Å². The van der Waals surface area contributed by atoms with Crippen molar-refractivity contribution < 1.29 is 4.74 Å². The Morgan fingerprint density at radius 1 is 1.21 bits per heavy atom. The molecule has 0 saturated heterocycles.